The average Bonchev–Trinajstić information content (AvgIpc) is 3.00. The monoisotopic (exact) mass is 402 g/mol. The number of aliphatic hydroxyl groups is 1. The topological polar surface area (TPSA) is 37.3 Å². The summed E-state index contributed by atoms with van der Waals surface area (Å²) in [6, 6.07) is 0. The highest BCUT2D eigenvalue weighted by Crippen LogP contribution is 2.67. The second-order valence-corrected chi connectivity index (χ2v) is 12.6. The Morgan fingerprint density at radius 2 is 1.66 bits per heavy atom. The highest BCUT2D eigenvalue weighted by atomic mass is 16.3. The third-order valence-electron chi connectivity index (χ3n) is 10.6. The van der Waals surface area contributed by atoms with Crippen LogP contribution in [0.3, 0.4) is 0 Å². The van der Waals surface area contributed by atoms with Gasteiger partial charge in [-0.05, 0) is 91.3 Å². The molecule has 4 aliphatic carbocycles. The zero-order valence-corrected chi connectivity index (χ0v) is 19.8. The fraction of sp³-hybridized carbons (Fsp3) is 0.963. The van der Waals surface area contributed by atoms with Crippen molar-refractivity contribution >= 4 is 5.78 Å². The number of hydrogen-bond donors (Lipinski definition) is 1. The Bertz CT molecular complexity index is 612. The van der Waals surface area contributed by atoms with Gasteiger partial charge in [-0.15, -0.1) is 0 Å². The molecule has 2 nitrogen and oxygen atoms in total. The van der Waals surface area contributed by atoms with Gasteiger partial charge in [0, 0.05) is 12.3 Å². The van der Waals surface area contributed by atoms with Crippen molar-refractivity contribution in [3.8, 4) is 0 Å². The lowest BCUT2D eigenvalue weighted by Gasteiger charge is -2.60. The number of hydrogen-bond acceptors (Lipinski definition) is 2. The van der Waals surface area contributed by atoms with Crippen LogP contribution in [0.15, 0.2) is 0 Å². The first-order chi connectivity index (χ1) is 13.7. The van der Waals surface area contributed by atoms with Crippen molar-refractivity contribution in [2.45, 2.75) is 111 Å². The number of aliphatic hydroxyl groups excluding tert-OH is 1. The second kappa shape index (κ2) is 7.95. The van der Waals surface area contributed by atoms with E-state index in [1.54, 1.807) is 0 Å². The molecule has 4 fully saturated rings. The zero-order valence-electron chi connectivity index (χ0n) is 19.8. The van der Waals surface area contributed by atoms with Crippen LogP contribution in [-0.2, 0) is 4.79 Å². The molecule has 0 radical (unpaired) electrons. The van der Waals surface area contributed by atoms with Crippen LogP contribution in [-0.4, -0.2) is 17.0 Å². The fourth-order valence-corrected chi connectivity index (χ4v) is 9.04. The standard InChI is InChI=1S/C27H46O2/c1-17(2)7-6-8-18(3)21-9-10-22-20-16-25(29)24-15-19(28)11-13-27(24,5)23(20)12-14-26(21,22)4/h17-24,28H,6-16H2,1-5H3/t18?,19?,20?,21-,22?,23?,24?,26-,27-/m1/s1. The van der Waals surface area contributed by atoms with Gasteiger partial charge < -0.3 is 5.11 Å². The minimum atomic E-state index is -0.245. The Labute approximate surface area is 179 Å². The van der Waals surface area contributed by atoms with E-state index in [0.29, 0.717) is 23.0 Å². The summed E-state index contributed by atoms with van der Waals surface area (Å²) in [6.07, 6.45) is 12.8. The molecule has 0 bridgehead atoms. The van der Waals surface area contributed by atoms with E-state index in [0.717, 1.165) is 49.4 Å². The Morgan fingerprint density at radius 1 is 0.966 bits per heavy atom. The molecule has 0 saturated heterocycles. The predicted molar refractivity (Wildman–Crippen MR) is 119 cm³/mol. The molecule has 9 atom stereocenters. The lowest BCUT2D eigenvalue weighted by atomic mass is 9.44. The van der Waals surface area contributed by atoms with Crippen LogP contribution in [0.1, 0.15) is 105 Å². The molecule has 0 heterocycles. The number of ketones is 1. The molecule has 1 N–H and O–H groups in total. The van der Waals surface area contributed by atoms with Crippen LogP contribution < -0.4 is 0 Å². The van der Waals surface area contributed by atoms with Gasteiger partial charge in [0.1, 0.15) is 5.78 Å². The summed E-state index contributed by atoms with van der Waals surface area (Å²) < 4.78 is 0. The molecule has 4 saturated carbocycles. The Balaban J connectivity index is 1.50. The number of fused-ring (bicyclic) bond motifs is 5. The van der Waals surface area contributed by atoms with Gasteiger partial charge in [0.25, 0.3) is 0 Å². The maximum absolute atomic E-state index is 13.2. The van der Waals surface area contributed by atoms with Crippen LogP contribution in [0.5, 0.6) is 0 Å². The molecule has 4 rings (SSSR count). The van der Waals surface area contributed by atoms with Crippen molar-refractivity contribution in [1.29, 1.82) is 0 Å². The zero-order chi connectivity index (χ0) is 21.0. The van der Waals surface area contributed by atoms with E-state index in [1.807, 2.05) is 0 Å². The summed E-state index contributed by atoms with van der Waals surface area (Å²) in [6.45, 7) is 12.2. The van der Waals surface area contributed by atoms with E-state index < -0.39 is 0 Å². The molecule has 0 amide bonds. The maximum Gasteiger partial charge on any atom is 0.136 e. The normalized spacial score (nSPS) is 48.2. The lowest BCUT2D eigenvalue weighted by molar-refractivity contribution is -0.160. The van der Waals surface area contributed by atoms with Crippen molar-refractivity contribution < 1.29 is 9.90 Å². The number of rotatable bonds is 5. The van der Waals surface area contributed by atoms with Crippen LogP contribution in [0, 0.1) is 52.3 Å². The first-order valence-electron chi connectivity index (χ1n) is 12.9. The number of Topliss-reactive ketones (excluding diaryl/α,β-unsaturated/α-hetero) is 1. The van der Waals surface area contributed by atoms with Crippen LogP contribution in [0.2, 0.25) is 0 Å². The van der Waals surface area contributed by atoms with Gasteiger partial charge in [-0.3, -0.25) is 4.79 Å². The quantitative estimate of drug-likeness (QED) is 0.559. The van der Waals surface area contributed by atoms with Crippen LogP contribution >= 0.6 is 0 Å². The number of carbonyl (C=O) groups excluding carboxylic acids is 1. The van der Waals surface area contributed by atoms with Crippen molar-refractivity contribution in [1.82, 2.24) is 0 Å². The highest BCUT2D eigenvalue weighted by molar-refractivity contribution is 5.83. The van der Waals surface area contributed by atoms with Crippen LogP contribution in [0.25, 0.3) is 0 Å². The van der Waals surface area contributed by atoms with Crippen molar-refractivity contribution in [2.75, 3.05) is 0 Å². The molecule has 166 valence electrons. The summed E-state index contributed by atoms with van der Waals surface area (Å²) in [5, 5.41) is 10.2. The van der Waals surface area contributed by atoms with Gasteiger partial charge in [0.2, 0.25) is 0 Å². The van der Waals surface area contributed by atoms with E-state index in [1.165, 1.54) is 44.9 Å². The molecule has 0 aromatic rings. The summed E-state index contributed by atoms with van der Waals surface area (Å²) >= 11 is 0. The molecule has 0 spiro atoms. The summed E-state index contributed by atoms with van der Waals surface area (Å²) in [7, 11) is 0. The minimum Gasteiger partial charge on any atom is -0.393 e. The first kappa shape index (κ1) is 21.8. The molecule has 2 heteroatoms. The largest absolute Gasteiger partial charge is 0.393 e. The fourth-order valence-electron chi connectivity index (χ4n) is 9.04. The van der Waals surface area contributed by atoms with Gasteiger partial charge in [-0.2, -0.15) is 0 Å². The molecule has 0 aromatic heterocycles. The predicted octanol–water partition coefficient (Wildman–Crippen LogP) is 6.65. The van der Waals surface area contributed by atoms with E-state index in [-0.39, 0.29) is 17.4 Å². The lowest BCUT2D eigenvalue weighted by Crippen LogP contribution is -2.57. The Kier molecular flexibility index (Phi) is 5.99. The molecular weight excluding hydrogens is 356 g/mol. The molecular formula is C27H46O2. The van der Waals surface area contributed by atoms with Crippen molar-refractivity contribution in [2.24, 2.45) is 52.3 Å². The van der Waals surface area contributed by atoms with E-state index in [2.05, 4.69) is 34.6 Å². The van der Waals surface area contributed by atoms with Gasteiger partial charge in [0.15, 0.2) is 0 Å². The SMILES string of the molecule is CC(C)CCCC(C)[C@H]1CCC2C3CC(=O)C4CC(O)CC[C@]4(C)C3CC[C@@]21C. The van der Waals surface area contributed by atoms with E-state index >= 15 is 0 Å². The molecule has 0 aliphatic heterocycles. The average molecular weight is 403 g/mol. The highest BCUT2D eigenvalue weighted by Gasteiger charge is 2.62. The van der Waals surface area contributed by atoms with Crippen LogP contribution in [0.4, 0.5) is 0 Å². The second-order valence-electron chi connectivity index (χ2n) is 12.6. The third-order valence-corrected chi connectivity index (χ3v) is 10.6. The Morgan fingerprint density at radius 3 is 2.38 bits per heavy atom. The van der Waals surface area contributed by atoms with Crippen molar-refractivity contribution in [3.05, 3.63) is 0 Å². The molecule has 6 unspecified atom stereocenters. The summed E-state index contributed by atoms with van der Waals surface area (Å²) in [5.74, 6) is 5.21. The minimum absolute atomic E-state index is 0.129. The van der Waals surface area contributed by atoms with Gasteiger partial charge >= 0.3 is 0 Å². The Hall–Kier alpha value is -0.370. The summed E-state index contributed by atoms with van der Waals surface area (Å²) in [5.41, 5.74) is 0.609. The smallest absolute Gasteiger partial charge is 0.136 e. The maximum atomic E-state index is 13.2. The molecule has 0 aromatic carbocycles. The van der Waals surface area contributed by atoms with Gasteiger partial charge in [-0.25, -0.2) is 0 Å². The van der Waals surface area contributed by atoms with Gasteiger partial charge in [0.05, 0.1) is 6.10 Å². The van der Waals surface area contributed by atoms with E-state index in [9.17, 15) is 9.90 Å². The third kappa shape index (κ3) is 3.64. The van der Waals surface area contributed by atoms with Gasteiger partial charge in [-0.1, -0.05) is 53.9 Å². The molecule has 4 aliphatic rings. The van der Waals surface area contributed by atoms with E-state index in [4.69, 9.17) is 0 Å². The number of carbonyl (C=O) groups is 1. The van der Waals surface area contributed by atoms with Crippen molar-refractivity contribution in [3.63, 3.8) is 0 Å². The first-order valence-corrected chi connectivity index (χ1v) is 12.9. The summed E-state index contributed by atoms with van der Waals surface area (Å²) in [4.78, 5) is 13.2. The molecule has 29 heavy (non-hydrogen) atoms.